The van der Waals surface area contributed by atoms with Crippen molar-refractivity contribution < 1.29 is 4.79 Å². The SMILES string of the molecule is CCN(C)c1cnn(CC(=O)c2cccc(Br)c2)c(=O)c1. The summed E-state index contributed by atoms with van der Waals surface area (Å²) in [5, 5.41) is 4.07. The average Bonchev–Trinajstić information content (AvgIpc) is 2.48. The lowest BCUT2D eigenvalue weighted by molar-refractivity contribution is 0.0965. The summed E-state index contributed by atoms with van der Waals surface area (Å²) >= 11 is 3.32. The van der Waals surface area contributed by atoms with Gasteiger partial charge in [-0.3, -0.25) is 9.59 Å². The number of nitrogens with zero attached hydrogens (tertiary/aromatic N) is 3. The minimum atomic E-state index is -0.281. The molecule has 5 nitrogen and oxygen atoms in total. The average molecular weight is 350 g/mol. The minimum Gasteiger partial charge on any atom is -0.373 e. The molecular weight excluding hydrogens is 334 g/mol. The van der Waals surface area contributed by atoms with E-state index in [-0.39, 0.29) is 17.9 Å². The number of rotatable bonds is 5. The third kappa shape index (κ3) is 3.78. The highest BCUT2D eigenvalue weighted by Crippen LogP contribution is 2.12. The number of anilines is 1. The fraction of sp³-hybridized carbons (Fsp3) is 0.267. The van der Waals surface area contributed by atoms with E-state index in [2.05, 4.69) is 21.0 Å². The number of aromatic nitrogens is 2. The van der Waals surface area contributed by atoms with Crippen molar-refractivity contribution in [3.63, 3.8) is 0 Å². The Hall–Kier alpha value is -1.95. The maximum Gasteiger partial charge on any atom is 0.269 e. The van der Waals surface area contributed by atoms with Crippen molar-refractivity contribution in [3.05, 3.63) is 56.9 Å². The minimum absolute atomic E-state index is 0.0641. The Morgan fingerprint density at radius 2 is 2.14 bits per heavy atom. The summed E-state index contributed by atoms with van der Waals surface area (Å²) in [7, 11) is 1.88. The first-order chi connectivity index (χ1) is 10.0. The predicted molar refractivity (Wildman–Crippen MR) is 85.9 cm³/mol. The molecule has 0 aliphatic carbocycles. The third-order valence-electron chi connectivity index (χ3n) is 3.21. The van der Waals surface area contributed by atoms with Gasteiger partial charge in [-0.05, 0) is 19.1 Å². The van der Waals surface area contributed by atoms with Gasteiger partial charge in [0.1, 0.15) is 6.54 Å². The number of carbonyl (C=O) groups is 1. The van der Waals surface area contributed by atoms with Crippen LogP contribution in [0.25, 0.3) is 0 Å². The Balaban J connectivity index is 2.20. The number of ketones is 1. The summed E-state index contributed by atoms with van der Waals surface area (Å²) < 4.78 is 2.00. The van der Waals surface area contributed by atoms with Gasteiger partial charge >= 0.3 is 0 Å². The van der Waals surface area contributed by atoms with Gasteiger partial charge in [0.05, 0.1) is 11.9 Å². The van der Waals surface area contributed by atoms with Crippen molar-refractivity contribution in [2.24, 2.45) is 0 Å². The molecule has 21 heavy (non-hydrogen) atoms. The van der Waals surface area contributed by atoms with Crippen LogP contribution in [0, 0.1) is 0 Å². The lowest BCUT2D eigenvalue weighted by Gasteiger charge is -2.16. The Morgan fingerprint density at radius 1 is 1.38 bits per heavy atom. The van der Waals surface area contributed by atoms with E-state index < -0.39 is 0 Å². The smallest absolute Gasteiger partial charge is 0.269 e. The number of benzene rings is 1. The van der Waals surface area contributed by atoms with Crippen LogP contribution < -0.4 is 10.5 Å². The molecule has 2 aromatic rings. The van der Waals surface area contributed by atoms with Crippen molar-refractivity contribution in [2.45, 2.75) is 13.5 Å². The maximum absolute atomic E-state index is 12.2. The molecule has 0 bridgehead atoms. The molecule has 0 N–H and O–H groups in total. The highest BCUT2D eigenvalue weighted by Gasteiger charge is 2.10. The molecule has 0 unspecified atom stereocenters. The first-order valence-corrected chi connectivity index (χ1v) is 7.37. The standard InChI is InChI=1S/C15H16BrN3O2/c1-3-18(2)13-8-15(21)19(17-9-13)10-14(20)11-5-4-6-12(16)7-11/h4-9H,3,10H2,1-2H3. The first-order valence-electron chi connectivity index (χ1n) is 6.58. The Bertz CT molecular complexity index is 712. The Morgan fingerprint density at radius 3 is 2.76 bits per heavy atom. The lowest BCUT2D eigenvalue weighted by Crippen LogP contribution is -2.28. The number of carbonyl (C=O) groups excluding carboxylic acids is 1. The number of Topliss-reactive ketones (excluding diaryl/α,β-unsaturated/α-hetero) is 1. The number of hydrogen-bond acceptors (Lipinski definition) is 4. The van der Waals surface area contributed by atoms with Crippen molar-refractivity contribution >= 4 is 27.4 Å². The van der Waals surface area contributed by atoms with Crippen LogP contribution in [0.2, 0.25) is 0 Å². The van der Waals surface area contributed by atoms with Gasteiger partial charge in [0.2, 0.25) is 0 Å². The molecule has 1 aromatic carbocycles. The fourth-order valence-electron chi connectivity index (χ4n) is 1.82. The van der Waals surface area contributed by atoms with Gasteiger partial charge in [0.15, 0.2) is 5.78 Å². The van der Waals surface area contributed by atoms with Gasteiger partial charge in [-0.2, -0.15) is 5.10 Å². The van der Waals surface area contributed by atoms with Crippen LogP contribution in [0.15, 0.2) is 45.8 Å². The summed E-state index contributed by atoms with van der Waals surface area (Å²) in [5.41, 5.74) is 1.01. The maximum atomic E-state index is 12.2. The van der Waals surface area contributed by atoms with Crippen LogP contribution in [-0.4, -0.2) is 29.2 Å². The van der Waals surface area contributed by atoms with E-state index in [1.807, 2.05) is 24.9 Å². The van der Waals surface area contributed by atoms with Crippen LogP contribution in [0.5, 0.6) is 0 Å². The van der Waals surface area contributed by atoms with Gasteiger partial charge in [-0.25, -0.2) is 4.68 Å². The van der Waals surface area contributed by atoms with E-state index in [1.54, 1.807) is 24.4 Å². The first kappa shape index (κ1) is 15.4. The predicted octanol–water partition coefficient (Wildman–Crippen LogP) is 2.34. The normalized spacial score (nSPS) is 10.4. The van der Waals surface area contributed by atoms with Gasteiger partial charge in [0, 0.05) is 29.7 Å². The molecule has 6 heteroatoms. The topological polar surface area (TPSA) is 55.2 Å². The van der Waals surface area contributed by atoms with Crippen LogP contribution in [0.1, 0.15) is 17.3 Å². The monoisotopic (exact) mass is 349 g/mol. The van der Waals surface area contributed by atoms with E-state index in [1.165, 1.54) is 10.7 Å². The summed E-state index contributed by atoms with van der Waals surface area (Å²) in [5.74, 6) is -0.150. The second-order valence-corrected chi connectivity index (χ2v) is 5.57. The zero-order valence-corrected chi connectivity index (χ0v) is 13.5. The van der Waals surface area contributed by atoms with Crippen LogP contribution in [-0.2, 0) is 6.54 Å². The van der Waals surface area contributed by atoms with Crippen LogP contribution in [0.4, 0.5) is 5.69 Å². The van der Waals surface area contributed by atoms with Crippen molar-refractivity contribution in [1.29, 1.82) is 0 Å². The van der Waals surface area contributed by atoms with Crippen molar-refractivity contribution in [3.8, 4) is 0 Å². The molecule has 0 atom stereocenters. The summed E-state index contributed by atoms with van der Waals surface area (Å²) in [4.78, 5) is 26.1. The highest BCUT2D eigenvalue weighted by molar-refractivity contribution is 9.10. The van der Waals surface area contributed by atoms with Crippen LogP contribution in [0.3, 0.4) is 0 Å². The molecule has 0 amide bonds. The molecule has 0 spiro atoms. The van der Waals surface area contributed by atoms with Gasteiger partial charge in [0.25, 0.3) is 5.56 Å². The van der Waals surface area contributed by atoms with Gasteiger partial charge in [-0.1, -0.05) is 28.1 Å². The Kier molecular flexibility index (Phi) is 4.90. The van der Waals surface area contributed by atoms with Crippen molar-refractivity contribution in [1.82, 2.24) is 9.78 Å². The van der Waals surface area contributed by atoms with Crippen LogP contribution >= 0.6 is 15.9 Å². The molecule has 110 valence electrons. The molecule has 1 heterocycles. The second-order valence-electron chi connectivity index (χ2n) is 4.66. The van der Waals surface area contributed by atoms with E-state index in [4.69, 9.17) is 0 Å². The highest BCUT2D eigenvalue weighted by atomic mass is 79.9. The third-order valence-corrected chi connectivity index (χ3v) is 3.70. The quantitative estimate of drug-likeness (QED) is 0.777. The van der Waals surface area contributed by atoms with E-state index in [9.17, 15) is 9.59 Å². The lowest BCUT2D eigenvalue weighted by atomic mass is 10.1. The molecule has 0 fully saturated rings. The molecule has 2 rings (SSSR count). The second kappa shape index (κ2) is 6.67. The van der Waals surface area contributed by atoms with E-state index >= 15 is 0 Å². The summed E-state index contributed by atoms with van der Waals surface area (Å²) in [6.07, 6.45) is 1.60. The Labute approximate surface area is 131 Å². The summed E-state index contributed by atoms with van der Waals surface area (Å²) in [6, 6.07) is 8.57. The van der Waals surface area contributed by atoms with Gasteiger partial charge in [-0.15, -0.1) is 0 Å². The largest absolute Gasteiger partial charge is 0.373 e. The zero-order valence-electron chi connectivity index (χ0n) is 11.9. The van der Waals surface area contributed by atoms with E-state index in [0.717, 1.165) is 16.7 Å². The molecule has 1 aromatic heterocycles. The molecule has 0 saturated carbocycles. The molecule has 0 saturated heterocycles. The molecule has 0 radical (unpaired) electrons. The molecule has 0 aliphatic rings. The molecule has 0 aliphatic heterocycles. The van der Waals surface area contributed by atoms with E-state index in [0.29, 0.717) is 5.56 Å². The van der Waals surface area contributed by atoms with Crippen molar-refractivity contribution in [2.75, 3.05) is 18.5 Å². The van der Waals surface area contributed by atoms with Gasteiger partial charge < -0.3 is 4.90 Å². The number of halogens is 1. The number of hydrogen-bond donors (Lipinski definition) is 0. The summed E-state index contributed by atoms with van der Waals surface area (Å²) in [6.45, 7) is 2.70. The fourth-order valence-corrected chi connectivity index (χ4v) is 2.22. The molecular formula is C15H16BrN3O2. The zero-order chi connectivity index (χ0) is 15.4.